The average molecular weight is 1420 g/mol. The average Bonchev–Trinajstić information content (AvgIpc) is 0.672. The van der Waals surface area contributed by atoms with Crippen LogP contribution in [0.1, 0.15) is 161 Å². The summed E-state index contributed by atoms with van der Waals surface area (Å²) in [5.74, 6) is -5.98. The number of carbonyl (C=O) groups excluding carboxylic acids is 8. The van der Waals surface area contributed by atoms with Crippen LogP contribution in [-0.2, 0) is 40.8 Å². The maximum atomic E-state index is 15.9. The largest absolute Gasteiger partial charge is 0.457 e. The summed E-state index contributed by atoms with van der Waals surface area (Å²) in [7, 11) is 0. The van der Waals surface area contributed by atoms with Crippen LogP contribution < -0.4 is 39.1 Å². The molecule has 11 aromatic rings. The van der Waals surface area contributed by atoms with Crippen LogP contribution in [0, 0.1) is 0 Å². The van der Waals surface area contributed by atoms with Gasteiger partial charge in [-0.25, -0.2) is 19.6 Å². The minimum Gasteiger partial charge on any atom is -0.457 e. The van der Waals surface area contributed by atoms with E-state index in [0.717, 1.165) is 32.1 Å². The Balaban J connectivity index is 1.12. The van der Waals surface area contributed by atoms with Gasteiger partial charge in [-0.3, -0.25) is 38.6 Å². The Kier molecular flexibility index (Phi) is 18.2. The molecule has 0 unspecified atom stereocenters. The second kappa shape index (κ2) is 26.9. The lowest BCUT2D eigenvalue weighted by Crippen LogP contribution is -2.44. The number of carbonyl (C=O) groups is 8. The highest BCUT2D eigenvalue weighted by atomic mass is 16.5. The van der Waals surface area contributed by atoms with E-state index in [1.165, 1.54) is 74.8 Å². The van der Waals surface area contributed by atoms with Gasteiger partial charge >= 0.3 is 11.9 Å². The number of pyridine rings is 2. The Morgan fingerprint density at radius 1 is 0.358 bits per heavy atom. The van der Waals surface area contributed by atoms with Gasteiger partial charge in [0.15, 0.2) is 0 Å². The third kappa shape index (κ3) is 14.0. The number of imide groups is 2. The molecule has 2 aromatic heterocycles. The number of benzene rings is 9. The molecule has 2 aliphatic heterocycles. The van der Waals surface area contributed by atoms with Gasteiger partial charge in [-0.15, -0.1) is 0 Å². The topological polar surface area (TPSA) is 248 Å². The molecule has 536 valence electrons. The Morgan fingerprint density at radius 3 is 0.830 bits per heavy atom. The van der Waals surface area contributed by atoms with E-state index in [-0.39, 0.29) is 144 Å². The predicted molar refractivity (Wildman–Crippen MR) is 406 cm³/mol. The third-order valence-corrected chi connectivity index (χ3v) is 18.6. The van der Waals surface area contributed by atoms with Crippen LogP contribution in [0.2, 0.25) is 0 Å². The van der Waals surface area contributed by atoms with Gasteiger partial charge in [0.1, 0.15) is 59.1 Å². The minimum absolute atomic E-state index is 0.0159. The number of nitrogens with one attached hydrogen (secondary N) is 2. The third-order valence-electron chi connectivity index (χ3n) is 18.6. The Bertz CT molecular complexity index is 4970. The molecule has 0 radical (unpaired) electrons. The van der Waals surface area contributed by atoms with Crippen LogP contribution in [0.3, 0.4) is 0 Å². The number of fused-ring (bicyclic) bond motifs is 2. The Morgan fingerprint density at radius 2 is 0.604 bits per heavy atom. The van der Waals surface area contributed by atoms with Crippen molar-refractivity contribution in [3.63, 3.8) is 0 Å². The van der Waals surface area contributed by atoms with E-state index in [4.69, 9.17) is 28.4 Å². The number of hydrogen-bond acceptors (Lipinski definition) is 16. The summed E-state index contributed by atoms with van der Waals surface area (Å²) < 4.78 is 40.3. The number of ether oxygens (including phenoxy) is 6. The van der Waals surface area contributed by atoms with Crippen LogP contribution in [0.5, 0.6) is 57.8 Å². The molecular formula is C86H78N6O14. The van der Waals surface area contributed by atoms with Crippen molar-refractivity contribution in [1.29, 1.82) is 0 Å². The first-order valence-corrected chi connectivity index (χ1v) is 34.5. The lowest BCUT2D eigenvalue weighted by atomic mass is 9.80. The molecule has 4 heterocycles. The molecule has 0 spiro atoms. The molecule has 13 rings (SSSR count). The predicted octanol–water partition coefficient (Wildman–Crippen LogP) is 18.3. The van der Waals surface area contributed by atoms with Gasteiger partial charge < -0.3 is 39.1 Å². The molecule has 20 heteroatoms. The van der Waals surface area contributed by atoms with Gasteiger partial charge in [0.25, 0.3) is 35.4 Å². The van der Waals surface area contributed by atoms with E-state index in [0.29, 0.717) is 23.0 Å². The maximum absolute atomic E-state index is 15.9. The van der Waals surface area contributed by atoms with E-state index in [9.17, 15) is 19.2 Å². The molecule has 0 saturated heterocycles. The number of esters is 2. The fourth-order valence-corrected chi connectivity index (χ4v) is 12.9. The van der Waals surface area contributed by atoms with E-state index in [1.54, 1.807) is 48.5 Å². The van der Waals surface area contributed by atoms with Crippen molar-refractivity contribution in [1.82, 2.24) is 19.8 Å². The first-order chi connectivity index (χ1) is 50.0. The number of aromatic nitrogens is 2. The van der Waals surface area contributed by atoms with Crippen LogP contribution >= 0.6 is 0 Å². The van der Waals surface area contributed by atoms with Crippen molar-refractivity contribution in [2.75, 3.05) is 23.7 Å². The molecule has 0 aliphatic carbocycles. The molecule has 0 bridgehead atoms. The van der Waals surface area contributed by atoms with Gasteiger partial charge in [-0.05, 0) is 143 Å². The van der Waals surface area contributed by atoms with E-state index >= 15 is 19.2 Å². The van der Waals surface area contributed by atoms with Crippen molar-refractivity contribution in [2.24, 2.45) is 0 Å². The van der Waals surface area contributed by atoms with Crippen molar-refractivity contribution < 1.29 is 66.8 Å². The molecule has 0 atom stereocenters. The van der Waals surface area contributed by atoms with Crippen molar-refractivity contribution >= 4 is 102 Å². The Labute approximate surface area is 612 Å². The summed E-state index contributed by atoms with van der Waals surface area (Å²) in [5.41, 5.74) is 3.28. The zero-order valence-corrected chi connectivity index (χ0v) is 61.3. The lowest BCUT2D eigenvalue weighted by Gasteiger charge is -2.32. The van der Waals surface area contributed by atoms with Gasteiger partial charge in [0.2, 0.25) is 11.8 Å². The molecule has 0 fully saturated rings. The fraction of sp³-hybridized carbons (Fsp3) is 0.233. The Hall–Kier alpha value is -12.6. The van der Waals surface area contributed by atoms with E-state index in [1.807, 2.05) is 48.5 Å². The number of amides is 6. The van der Waals surface area contributed by atoms with Gasteiger partial charge in [-0.1, -0.05) is 145 Å². The fourth-order valence-electron chi connectivity index (χ4n) is 12.9. The number of rotatable bonds is 18. The van der Waals surface area contributed by atoms with Crippen LogP contribution in [0.4, 0.5) is 11.4 Å². The number of hydrogen-bond donors (Lipinski definition) is 2. The highest BCUT2D eigenvalue weighted by Crippen LogP contribution is 2.58. The molecule has 2 aliphatic rings. The summed E-state index contributed by atoms with van der Waals surface area (Å²) in [6.07, 6.45) is 2.62. The van der Waals surface area contributed by atoms with Crippen molar-refractivity contribution in [2.45, 2.75) is 119 Å². The summed E-state index contributed by atoms with van der Waals surface area (Å²) in [5, 5.41) is 6.85. The van der Waals surface area contributed by atoms with Gasteiger partial charge in [-0.2, -0.15) is 0 Å². The lowest BCUT2D eigenvalue weighted by molar-refractivity contribution is -0.135. The highest BCUT2D eigenvalue weighted by molar-refractivity contribution is 6.45. The first-order valence-electron chi connectivity index (χ1n) is 34.5. The molecule has 6 amide bonds. The number of nitrogens with zero attached hydrogens (tertiary/aromatic N) is 4. The number of anilines is 2. The molecule has 0 saturated carbocycles. The van der Waals surface area contributed by atoms with E-state index in [2.05, 4.69) is 117 Å². The molecule has 106 heavy (non-hydrogen) atoms. The van der Waals surface area contributed by atoms with E-state index < -0.39 is 60.5 Å². The molecular weight excluding hydrogens is 1340 g/mol. The summed E-state index contributed by atoms with van der Waals surface area (Å²) in [6.45, 7) is 33.5. The second-order valence-electron chi connectivity index (χ2n) is 30.8. The first kappa shape index (κ1) is 71.8. The molecule has 2 N–H and O–H groups in total. The van der Waals surface area contributed by atoms with Gasteiger partial charge in [0, 0.05) is 90.1 Å². The quantitative estimate of drug-likeness (QED) is 0.0266. The van der Waals surface area contributed by atoms with Crippen LogP contribution in [0.15, 0.2) is 182 Å². The molecule has 20 nitrogen and oxygen atoms in total. The van der Waals surface area contributed by atoms with Crippen LogP contribution in [0.25, 0.3) is 43.1 Å². The van der Waals surface area contributed by atoms with Crippen molar-refractivity contribution in [3.8, 4) is 57.8 Å². The molecule has 9 aromatic carbocycles. The van der Waals surface area contributed by atoms with Crippen molar-refractivity contribution in [3.05, 3.63) is 227 Å². The SMILES string of the molecule is C=C(C)C(=O)Nc1ccnc(OC(=O)CN2C(=O)c3cc(Oc4ccc(C(C)(C)C)cc4)c4c5c(Oc6ccc(C(C)(C)C)cc6)cc6c7c(cc(Oc8ccc(C(C)(C)C)cc8)c(c8c(Oc9ccc(C(C)(C)C)cc9)cc(c3c48)C2=O)c75)C(=O)N(CC(=O)Oc2cc(NC(=O)C(=C)C)ccn2)C6=O)c1. The second-order valence-corrected chi connectivity index (χ2v) is 30.8. The summed E-state index contributed by atoms with van der Waals surface area (Å²) in [6, 6.07) is 41.3. The normalized spacial score (nSPS) is 13.2. The zero-order valence-electron chi connectivity index (χ0n) is 61.3. The minimum atomic E-state index is -1.06. The smallest absolute Gasteiger partial charge is 0.332 e. The maximum Gasteiger partial charge on any atom is 0.332 e. The van der Waals surface area contributed by atoms with Crippen LogP contribution in [-0.4, -0.2) is 80.2 Å². The van der Waals surface area contributed by atoms with Gasteiger partial charge in [0.05, 0.1) is 22.3 Å². The zero-order chi connectivity index (χ0) is 76.0. The summed E-state index contributed by atoms with van der Waals surface area (Å²) in [4.78, 5) is 128. The highest BCUT2D eigenvalue weighted by Gasteiger charge is 2.43. The monoisotopic (exact) mass is 1420 g/mol. The standard InChI is InChI=1S/C86H78N6O14/c1-45(2)77(95)89-51-33-35-87-65(37-51)105-67(93)43-91-79(97)57-39-61(101-53-25-17-47(18-26-53)83(5,6)7)71-73-63(103-55-29-21-49(22-30-55)85(11,12)13)41-59-70-60(82(100)92(81(59)99)44-68(94)106-66-38-52(34-36-88-66)90-78(96)46(3)4)42-64(104-56-31-23-50(24-32-56)86(14,15)16)74(76(70)73)72-62(40-58(80(91)98)69(57)75(71)72)102-54-27-19-48(20-28-54)84(8,9)10/h17-42H,1,3,43-44H2,2,4-16H3,(H,87,89,95)(H,88,90,96). The summed E-state index contributed by atoms with van der Waals surface area (Å²) >= 11 is 0.